The molecule has 0 radical (unpaired) electrons. The van der Waals surface area contributed by atoms with Gasteiger partial charge in [0.25, 0.3) is 0 Å². The van der Waals surface area contributed by atoms with Gasteiger partial charge >= 0.3 is 12.3 Å². The highest BCUT2D eigenvalue weighted by atomic mass is 19.4. The molecule has 0 saturated carbocycles. The number of nitriles is 1. The second-order valence-electron chi connectivity index (χ2n) is 15.3. The number of carbonyl (C=O) groups excluding carboxylic acids is 2. The van der Waals surface area contributed by atoms with Gasteiger partial charge in [-0.15, -0.1) is 0 Å². The Labute approximate surface area is 298 Å². The third kappa shape index (κ3) is 9.23. The summed E-state index contributed by atoms with van der Waals surface area (Å²) in [5.41, 5.74) is -0.363. The Hall–Kier alpha value is -4.09. The fourth-order valence-corrected chi connectivity index (χ4v) is 7.55. The molecule has 0 bridgehead atoms. The lowest BCUT2D eigenvalue weighted by Crippen LogP contribution is -2.64. The van der Waals surface area contributed by atoms with Gasteiger partial charge in [0.2, 0.25) is 5.91 Å². The normalized spacial score (nSPS) is 20.5. The number of aromatic nitrogens is 1. The highest BCUT2D eigenvalue weighted by molar-refractivity contribution is 5.92. The van der Waals surface area contributed by atoms with Crippen LogP contribution in [0.15, 0.2) is 36.5 Å². The Morgan fingerprint density at radius 3 is 2.12 bits per heavy atom. The third-order valence-electron chi connectivity index (χ3n) is 10.6. The van der Waals surface area contributed by atoms with E-state index in [-0.39, 0.29) is 17.9 Å². The Kier molecular flexibility index (Phi) is 11.0. The van der Waals surface area contributed by atoms with Gasteiger partial charge in [0.1, 0.15) is 11.4 Å². The number of ether oxygens (including phenoxy) is 1. The lowest BCUT2D eigenvalue weighted by molar-refractivity contribution is -0.137. The Morgan fingerprint density at radius 2 is 1.53 bits per heavy atom. The van der Waals surface area contributed by atoms with Crippen molar-refractivity contribution in [2.75, 3.05) is 87.1 Å². The third-order valence-corrected chi connectivity index (χ3v) is 10.6. The zero-order valence-corrected chi connectivity index (χ0v) is 29.8. The molecule has 0 spiro atoms. The lowest BCUT2D eigenvalue weighted by atomic mass is 9.95. The molecule has 4 fully saturated rings. The summed E-state index contributed by atoms with van der Waals surface area (Å²) in [4.78, 5) is 40.9. The molecule has 1 aromatic carbocycles. The number of halogens is 3. The number of alkyl halides is 3. The Morgan fingerprint density at radius 1 is 0.902 bits per heavy atom. The number of nitrogens with zero attached hydrogens (tertiary/aromatic N) is 7. The van der Waals surface area contributed by atoms with E-state index in [1.54, 1.807) is 11.0 Å². The molecule has 4 aliphatic heterocycles. The number of amides is 2. The standard InChI is InChI=1S/C37H49F3N8O3/c1-36(2,3)51-35(50)48-24-31(25-48)47-18-16-44(17-19-47)23-26-8-12-46(13-9-26)30-6-7-33(42-22-30)43-34(49)27-10-14-45(15-11-27)29-5-4-28(21-41)32(20-29)37(38,39)40/h4-7,20,22,26-27,31H,8-19,23-25H2,1-3H3,(H,42,43,49). The van der Waals surface area contributed by atoms with Crippen LogP contribution < -0.4 is 15.1 Å². The van der Waals surface area contributed by atoms with Crippen LogP contribution in [0, 0.1) is 23.2 Å². The Bertz CT molecular complexity index is 1560. The molecule has 276 valence electrons. The zero-order chi connectivity index (χ0) is 36.3. The van der Waals surface area contributed by atoms with Crippen molar-refractivity contribution in [3.8, 4) is 6.07 Å². The van der Waals surface area contributed by atoms with Crippen LogP contribution in [0.1, 0.15) is 57.6 Å². The highest BCUT2D eigenvalue weighted by Crippen LogP contribution is 2.35. The summed E-state index contributed by atoms with van der Waals surface area (Å²) in [6, 6.07) is 9.64. The number of benzene rings is 1. The smallest absolute Gasteiger partial charge is 0.417 e. The van der Waals surface area contributed by atoms with Crippen LogP contribution in [0.25, 0.3) is 0 Å². The van der Waals surface area contributed by atoms with E-state index in [0.29, 0.717) is 49.4 Å². The van der Waals surface area contributed by atoms with Crippen LogP contribution in [0.3, 0.4) is 0 Å². The molecular formula is C37H49F3N8O3. The predicted octanol–water partition coefficient (Wildman–Crippen LogP) is 5.28. The van der Waals surface area contributed by atoms with Gasteiger partial charge in [-0.2, -0.15) is 18.4 Å². The van der Waals surface area contributed by atoms with E-state index in [0.717, 1.165) is 83.5 Å². The molecule has 14 heteroatoms. The van der Waals surface area contributed by atoms with Crippen LogP contribution in [0.4, 0.5) is 35.2 Å². The second kappa shape index (κ2) is 15.3. The highest BCUT2D eigenvalue weighted by Gasteiger charge is 2.38. The van der Waals surface area contributed by atoms with Gasteiger partial charge in [-0.05, 0) is 82.7 Å². The van der Waals surface area contributed by atoms with Gasteiger partial charge in [-0.25, -0.2) is 9.78 Å². The minimum Gasteiger partial charge on any atom is -0.444 e. The van der Waals surface area contributed by atoms with Crippen LogP contribution in [0.5, 0.6) is 0 Å². The summed E-state index contributed by atoms with van der Waals surface area (Å²) < 4.78 is 45.8. The van der Waals surface area contributed by atoms with Crippen molar-refractivity contribution >= 4 is 29.2 Å². The molecule has 1 aromatic heterocycles. The molecule has 11 nitrogen and oxygen atoms in total. The first-order valence-corrected chi connectivity index (χ1v) is 18.1. The van der Waals surface area contributed by atoms with Gasteiger partial charge in [0.15, 0.2) is 0 Å². The molecule has 4 saturated heterocycles. The maximum Gasteiger partial charge on any atom is 0.417 e. The monoisotopic (exact) mass is 710 g/mol. The van der Waals surface area contributed by atoms with Crippen molar-refractivity contribution in [1.82, 2.24) is 19.7 Å². The van der Waals surface area contributed by atoms with Gasteiger partial charge in [0.05, 0.1) is 29.1 Å². The largest absolute Gasteiger partial charge is 0.444 e. The maximum absolute atomic E-state index is 13.4. The van der Waals surface area contributed by atoms with E-state index in [2.05, 4.69) is 25.0 Å². The number of hydrogen-bond donors (Lipinski definition) is 1. The van der Waals surface area contributed by atoms with Crippen molar-refractivity contribution in [3.05, 3.63) is 47.7 Å². The fourth-order valence-electron chi connectivity index (χ4n) is 7.55. The first-order valence-electron chi connectivity index (χ1n) is 18.1. The zero-order valence-electron chi connectivity index (χ0n) is 29.8. The van der Waals surface area contributed by atoms with E-state index >= 15 is 0 Å². The summed E-state index contributed by atoms with van der Waals surface area (Å²) in [6.45, 7) is 15.3. The fraction of sp³-hybridized carbons (Fsp3) is 0.622. The number of piperidine rings is 2. The molecular weight excluding hydrogens is 661 g/mol. The van der Waals surface area contributed by atoms with Crippen molar-refractivity contribution in [2.45, 2.75) is 64.3 Å². The quantitative estimate of drug-likeness (QED) is 0.411. The molecule has 0 atom stereocenters. The first kappa shape index (κ1) is 36.7. The second-order valence-corrected chi connectivity index (χ2v) is 15.3. The minimum atomic E-state index is -4.61. The van der Waals surface area contributed by atoms with E-state index in [4.69, 9.17) is 10.00 Å². The topological polar surface area (TPSA) is 108 Å². The van der Waals surface area contributed by atoms with Crippen molar-refractivity contribution in [3.63, 3.8) is 0 Å². The van der Waals surface area contributed by atoms with Gasteiger partial charge in [0, 0.05) is 89.6 Å². The summed E-state index contributed by atoms with van der Waals surface area (Å²) in [6.07, 6.45) is 0.228. The Balaban J connectivity index is 0.884. The van der Waals surface area contributed by atoms with Crippen LogP contribution in [-0.2, 0) is 15.7 Å². The number of hydrogen-bond acceptors (Lipinski definition) is 9. The molecule has 2 aromatic rings. The number of anilines is 3. The molecule has 0 unspecified atom stereocenters. The number of rotatable bonds is 7. The summed E-state index contributed by atoms with van der Waals surface area (Å²) >= 11 is 0. The molecule has 5 heterocycles. The number of piperazine rings is 1. The van der Waals surface area contributed by atoms with E-state index < -0.39 is 22.9 Å². The number of carbonyl (C=O) groups is 2. The molecule has 4 aliphatic rings. The van der Waals surface area contributed by atoms with E-state index in [1.165, 1.54) is 12.1 Å². The van der Waals surface area contributed by atoms with Crippen molar-refractivity contribution < 1.29 is 27.5 Å². The molecule has 6 rings (SSSR count). The van der Waals surface area contributed by atoms with E-state index in [1.807, 2.05) is 44.0 Å². The molecule has 2 amide bonds. The van der Waals surface area contributed by atoms with Gasteiger partial charge in [-0.3, -0.25) is 9.69 Å². The number of pyridine rings is 1. The van der Waals surface area contributed by atoms with Crippen molar-refractivity contribution in [2.24, 2.45) is 11.8 Å². The molecule has 1 N–H and O–H groups in total. The van der Waals surface area contributed by atoms with Gasteiger partial charge < -0.3 is 29.7 Å². The molecule has 51 heavy (non-hydrogen) atoms. The summed E-state index contributed by atoms with van der Waals surface area (Å²) in [7, 11) is 0. The lowest BCUT2D eigenvalue weighted by Gasteiger charge is -2.48. The van der Waals surface area contributed by atoms with Crippen LogP contribution in [-0.4, -0.2) is 115 Å². The SMILES string of the molecule is CC(C)(C)OC(=O)N1CC(N2CCN(CC3CCN(c4ccc(NC(=O)C5CCN(c6ccc(C#N)c(C(F)(F)F)c6)CC5)nc4)CC3)CC2)C1. The van der Waals surface area contributed by atoms with Crippen LogP contribution in [0.2, 0.25) is 0 Å². The average Bonchev–Trinajstić information content (AvgIpc) is 3.08. The summed E-state index contributed by atoms with van der Waals surface area (Å²) in [5.74, 6) is 0.739. The predicted molar refractivity (Wildman–Crippen MR) is 189 cm³/mol. The number of nitrogens with one attached hydrogen (secondary N) is 1. The maximum atomic E-state index is 13.4. The molecule has 0 aliphatic carbocycles. The van der Waals surface area contributed by atoms with Crippen LogP contribution >= 0.6 is 0 Å². The average molecular weight is 711 g/mol. The van der Waals surface area contributed by atoms with E-state index in [9.17, 15) is 22.8 Å². The number of likely N-dealkylation sites (tertiary alicyclic amines) is 1. The summed E-state index contributed by atoms with van der Waals surface area (Å²) in [5, 5.41) is 12.0. The first-order chi connectivity index (χ1) is 24.3. The van der Waals surface area contributed by atoms with Crippen molar-refractivity contribution in [1.29, 1.82) is 5.26 Å². The van der Waals surface area contributed by atoms with Gasteiger partial charge in [-0.1, -0.05) is 0 Å². The minimum absolute atomic E-state index is 0.136.